The van der Waals surface area contributed by atoms with Gasteiger partial charge in [0.25, 0.3) is 0 Å². The lowest BCUT2D eigenvalue weighted by Gasteiger charge is -2.50. The van der Waals surface area contributed by atoms with Gasteiger partial charge in [0.15, 0.2) is 0 Å². The summed E-state index contributed by atoms with van der Waals surface area (Å²) in [6, 6.07) is 0. The molecule has 2 saturated carbocycles. The SMILES string of the molecule is C/C1=C/CC23CCCC(C2C2(CC3)COCO2)[C@H](O)C1. The molecule has 0 amide bonds. The van der Waals surface area contributed by atoms with Gasteiger partial charge in [-0.15, -0.1) is 0 Å². The van der Waals surface area contributed by atoms with Crippen molar-refractivity contribution in [2.24, 2.45) is 17.3 Å². The van der Waals surface area contributed by atoms with Crippen LogP contribution in [0.1, 0.15) is 51.9 Å². The number of hydrogen-bond acceptors (Lipinski definition) is 3. The topological polar surface area (TPSA) is 38.7 Å². The van der Waals surface area contributed by atoms with Gasteiger partial charge >= 0.3 is 0 Å². The molecule has 5 atom stereocenters. The fourth-order valence-corrected chi connectivity index (χ4v) is 5.74. The fourth-order valence-electron chi connectivity index (χ4n) is 5.74. The van der Waals surface area contributed by atoms with E-state index in [-0.39, 0.29) is 11.7 Å². The van der Waals surface area contributed by atoms with Crippen LogP contribution in [0, 0.1) is 17.3 Å². The maximum atomic E-state index is 10.7. The quantitative estimate of drug-likeness (QED) is 0.692. The largest absolute Gasteiger partial charge is 0.392 e. The molecule has 0 aromatic carbocycles. The number of allylic oxidation sites excluding steroid dienone is 1. The Morgan fingerprint density at radius 2 is 2.20 bits per heavy atom. The van der Waals surface area contributed by atoms with Crippen molar-refractivity contribution < 1.29 is 14.6 Å². The van der Waals surface area contributed by atoms with Gasteiger partial charge in [0.1, 0.15) is 6.79 Å². The van der Waals surface area contributed by atoms with Gasteiger partial charge in [-0.1, -0.05) is 18.1 Å². The zero-order valence-corrected chi connectivity index (χ0v) is 12.4. The molecule has 1 heterocycles. The molecule has 1 aliphatic heterocycles. The summed E-state index contributed by atoms with van der Waals surface area (Å²) in [5.41, 5.74) is 1.64. The molecule has 1 saturated heterocycles. The normalized spacial score (nSPS) is 54.1. The first-order valence-electron chi connectivity index (χ1n) is 8.21. The molecule has 0 aromatic rings. The Hall–Kier alpha value is -0.380. The van der Waals surface area contributed by atoms with Crippen LogP contribution in [-0.2, 0) is 9.47 Å². The van der Waals surface area contributed by atoms with Crippen molar-refractivity contribution >= 4 is 0 Å². The van der Waals surface area contributed by atoms with E-state index in [9.17, 15) is 5.11 Å². The summed E-state index contributed by atoms with van der Waals surface area (Å²) < 4.78 is 11.7. The molecule has 3 heteroatoms. The van der Waals surface area contributed by atoms with Gasteiger partial charge in [-0.3, -0.25) is 0 Å². The van der Waals surface area contributed by atoms with Crippen molar-refractivity contribution in [1.82, 2.24) is 0 Å². The van der Waals surface area contributed by atoms with Gasteiger partial charge in [0.05, 0.1) is 18.3 Å². The lowest BCUT2D eigenvalue weighted by Crippen LogP contribution is -2.52. The van der Waals surface area contributed by atoms with Crippen LogP contribution in [-0.4, -0.2) is 30.2 Å². The van der Waals surface area contributed by atoms with Crippen LogP contribution in [0.5, 0.6) is 0 Å². The van der Waals surface area contributed by atoms with E-state index < -0.39 is 0 Å². The highest BCUT2D eigenvalue weighted by Gasteiger charge is 2.63. The van der Waals surface area contributed by atoms with Crippen LogP contribution in [0.2, 0.25) is 0 Å². The minimum Gasteiger partial charge on any atom is -0.392 e. The molecule has 1 N–H and O–H groups in total. The minimum atomic E-state index is -0.199. The van der Waals surface area contributed by atoms with Crippen LogP contribution in [0.3, 0.4) is 0 Å². The standard InChI is InChI=1S/C17H26O3/c1-12-4-6-16-5-2-3-13(14(18)9-12)15(16)17(8-7-16)10-19-11-20-17/h4,13-15,18H,2-3,5-11H2,1H3/b12-4-/t13?,14-,15?,16?,17?/m1/s1. The van der Waals surface area contributed by atoms with Crippen molar-refractivity contribution in [2.75, 3.05) is 13.4 Å². The number of hydrogen-bond donors (Lipinski definition) is 1. The van der Waals surface area contributed by atoms with Crippen molar-refractivity contribution in [1.29, 1.82) is 0 Å². The third kappa shape index (κ3) is 1.76. The van der Waals surface area contributed by atoms with Crippen molar-refractivity contribution in [2.45, 2.75) is 63.6 Å². The maximum Gasteiger partial charge on any atom is 0.147 e. The molecule has 4 unspecified atom stereocenters. The molecule has 2 bridgehead atoms. The van der Waals surface area contributed by atoms with Gasteiger partial charge in [-0.25, -0.2) is 0 Å². The van der Waals surface area contributed by atoms with Gasteiger partial charge in [0, 0.05) is 5.92 Å². The molecule has 0 radical (unpaired) electrons. The molecule has 3 aliphatic carbocycles. The molecular formula is C17H26O3. The number of aliphatic hydroxyl groups excluding tert-OH is 1. The van der Waals surface area contributed by atoms with Crippen molar-refractivity contribution in [3.05, 3.63) is 11.6 Å². The van der Waals surface area contributed by atoms with E-state index in [1.165, 1.54) is 31.3 Å². The molecule has 3 nitrogen and oxygen atoms in total. The second-order valence-electron chi connectivity index (χ2n) is 7.60. The molecule has 4 rings (SSSR count). The Labute approximate surface area is 121 Å². The van der Waals surface area contributed by atoms with Gasteiger partial charge in [-0.05, 0) is 56.8 Å². The molecule has 3 fully saturated rings. The fraction of sp³-hybridized carbons (Fsp3) is 0.882. The number of rotatable bonds is 0. The second kappa shape index (κ2) is 4.56. The predicted octanol–water partition coefficient (Wildman–Crippen LogP) is 3.03. The molecule has 4 aliphatic rings. The third-order valence-electron chi connectivity index (χ3n) is 6.57. The Bertz CT molecular complexity index is 424. The first-order chi connectivity index (χ1) is 9.65. The van der Waals surface area contributed by atoms with Crippen molar-refractivity contribution in [3.8, 4) is 0 Å². The van der Waals surface area contributed by atoms with Crippen LogP contribution in [0.4, 0.5) is 0 Å². The van der Waals surface area contributed by atoms with E-state index in [1.807, 2.05) is 0 Å². The van der Waals surface area contributed by atoms with E-state index >= 15 is 0 Å². The van der Waals surface area contributed by atoms with Gasteiger partial charge in [0.2, 0.25) is 0 Å². The van der Waals surface area contributed by atoms with E-state index in [2.05, 4.69) is 13.0 Å². The zero-order valence-electron chi connectivity index (χ0n) is 12.4. The Morgan fingerprint density at radius 3 is 3.00 bits per heavy atom. The molecular weight excluding hydrogens is 252 g/mol. The molecule has 0 aromatic heterocycles. The first-order valence-corrected chi connectivity index (χ1v) is 8.21. The zero-order chi connectivity index (χ0) is 13.8. The van der Waals surface area contributed by atoms with E-state index in [1.54, 1.807) is 0 Å². The Kier molecular flexibility index (Phi) is 3.03. The van der Waals surface area contributed by atoms with Crippen LogP contribution < -0.4 is 0 Å². The smallest absolute Gasteiger partial charge is 0.147 e. The highest BCUT2D eigenvalue weighted by atomic mass is 16.7. The molecule has 1 spiro atoms. The summed E-state index contributed by atoms with van der Waals surface area (Å²) in [5, 5.41) is 10.7. The number of ether oxygens (including phenoxy) is 2. The highest BCUT2D eigenvalue weighted by Crippen LogP contribution is 2.64. The van der Waals surface area contributed by atoms with E-state index in [0.717, 1.165) is 25.9 Å². The van der Waals surface area contributed by atoms with Crippen LogP contribution in [0.15, 0.2) is 11.6 Å². The Balaban J connectivity index is 1.78. The van der Waals surface area contributed by atoms with Crippen molar-refractivity contribution in [3.63, 3.8) is 0 Å². The highest BCUT2D eigenvalue weighted by molar-refractivity contribution is 5.17. The summed E-state index contributed by atoms with van der Waals surface area (Å²) >= 11 is 0. The predicted molar refractivity (Wildman–Crippen MR) is 76.1 cm³/mol. The summed E-state index contributed by atoms with van der Waals surface area (Å²) in [7, 11) is 0. The summed E-state index contributed by atoms with van der Waals surface area (Å²) in [6.07, 6.45) is 10.3. The second-order valence-corrected chi connectivity index (χ2v) is 7.60. The van der Waals surface area contributed by atoms with E-state index in [0.29, 0.717) is 24.0 Å². The maximum absolute atomic E-state index is 10.7. The van der Waals surface area contributed by atoms with E-state index in [4.69, 9.17) is 9.47 Å². The summed E-state index contributed by atoms with van der Waals surface area (Å²) in [5.74, 6) is 0.891. The minimum absolute atomic E-state index is 0.0921. The third-order valence-corrected chi connectivity index (χ3v) is 6.57. The first kappa shape index (κ1) is 13.3. The van der Waals surface area contributed by atoms with Gasteiger partial charge < -0.3 is 14.6 Å². The molecule has 20 heavy (non-hydrogen) atoms. The van der Waals surface area contributed by atoms with Gasteiger partial charge in [-0.2, -0.15) is 0 Å². The number of aliphatic hydroxyl groups is 1. The van der Waals surface area contributed by atoms with Crippen LogP contribution >= 0.6 is 0 Å². The lowest BCUT2D eigenvalue weighted by atomic mass is 9.56. The monoisotopic (exact) mass is 278 g/mol. The molecule has 112 valence electrons. The van der Waals surface area contributed by atoms with Crippen LogP contribution in [0.25, 0.3) is 0 Å². The lowest BCUT2D eigenvalue weighted by molar-refractivity contribution is -0.113. The average Bonchev–Trinajstić information content (AvgIpc) is 3.03. The summed E-state index contributed by atoms with van der Waals surface area (Å²) in [4.78, 5) is 0. The average molecular weight is 278 g/mol. The Morgan fingerprint density at radius 1 is 1.30 bits per heavy atom. The summed E-state index contributed by atoms with van der Waals surface area (Å²) in [6.45, 7) is 3.37.